The molecule has 2 aliphatic rings. The molecule has 26 heavy (non-hydrogen) atoms. The highest BCUT2D eigenvalue weighted by molar-refractivity contribution is 5.90. The number of ether oxygens (including phenoxy) is 1. The molecule has 0 bridgehead atoms. The van der Waals surface area contributed by atoms with Crippen LogP contribution in [0.25, 0.3) is 0 Å². The SMILES string of the molecule is O=C(NCCCN1CCOCC1)C1CCC(=O)N1Cc1ccc(F)cc1. The number of carbonyl (C=O) groups excluding carboxylic acids is 2. The van der Waals surface area contributed by atoms with Gasteiger partial charge in [0.2, 0.25) is 11.8 Å². The second-order valence-electron chi connectivity index (χ2n) is 6.80. The Morgan fingerprint density at radius 2 is 1.96 bits per heavy atom. The van der Waals surface area contributed by atoms with E-state index in [1.54, 1.807) is 17.0 Å². The number of hydrogen-bond donors (Lipinski definition) is 1. The van der Waals surface area contributed by atoms with Gasteiger partial charge >= 0.3 is 0 Å². The number of amides is 2. The van der Waals surface area contributed by atoms with E-state index >= 15 is 0 Å². The van der Waals surface area contributed by atoms with Gasteiger partial charge in [-0.3, -0.25) is 14.5 Å². The van der Waals surface area contributed by atoms with Crippen molar-refractivity contribution in [2.75, 3.05) is 39.4 Å². The second-order valence-corrected chi connectivity index (χ2v) is 6.80. The van der Waals surface area contributed by atoms with Crippen LogP contribution in [0.4, 0.5) is 4.39 Å². The number of benzene rings is 1. The van der Waals surface area contributed by atoms with Gasteiger partial charge in [0.1, 0.15) is 11.9 Å². The lowest BCUT2D eigenvalue weighted by Gasteiger charge is -2.27. The van der Waals surface area contributed by atoms with E-state index in [2.05, 4.69) is 10.2 Å². The summed E-state index contributed by atoms with van der Waals surface area (Å²) in [6.45, 7) is 5.31. The molecule has 0 aromatic heterocycles. The molecular weight excluding hydrogens is 337 g/mol. The van der Waals surface area contributed by atoms with Crippen molar-refractivity contribution in [1.29, 1.82) is 0 Å². The summed E-state index contributed by atoms with van der Waals surface area (Å²) < 4.78 is 18.4. The van der Waals surface area contributed by atoms with Crippen molar-refractivity contribution in [2.24, 2.45) is 0 Å². The highest BCUT2D eigenvalue weighted by atomic mass is 19.1. The first-order valence-electron chi connectivity index (χ1n) is 9.25. The van der Waals surface area contributed by atoms with E-state index in [9.17, 15) is 14.0 Å². The molecule has 6 nitrogen and oxygen atoms in total. The highest BCUT2D eigenvalue weighted by Crippen LogP contribution is 2.22. The molecule has 142 valence electrons. The second kappa shape index (κ2) is 9.09. The first-order chi connectivity index (χ1) is 12.6. The fourth-order valence-electron chi connectivity index (χ4n) is 3.45. The standard InChI is InChI=1S/C19H26FN3O3/c20-16-4-2-15(3-5-16)14-23-17(6-7-18(23)24)19(25)21-8-1-9-22-10-12-26-13-11-22/h2-5,17H,1,6-14H2,(H,21,25). The molecule has 3 rings (SSSR count). The third kappa shape index (κ3) is 5.02. The molecular formula is C19H26FN3O3. The monoisotopic (exact) mass is 363 g/mol. The van der Waals surface area contributed by atoms with E-state index in [1.807, 2.05) is 0 Å². The Bertz CT molecular complexity index is 617. The number of carbonyl (C=O) groups is 2. The van der Waals surface area contributed by atoms with Gasteiger partial charge in [0.25, 0.3) is 0 Å². The van der Waals surface area contributed by atoms with Gasteiger partial charge in [-0.05, 0) is 37.1 Å². The van der Waals surface area contributed by atoms with Crippen molar-refractivity contribution in [3.05, 3.63) is 35.6 Å². The number of nitrogens with zero attached hydrogens (tertiary/aromatic N) is 2. The fraction of sp³-hybridized carbons (Fsp3) is 0.579. The lowest BCUT2D eigenvalue weighted by molar-refractivity contribution is -0.135. The Morgan fingerprint density at radius 1 is 1.23 bits per heavy atom. The maximum atomic E-state index is 13.0. The number of likely N-dealkylation sites (tertiary alicyclic amines) is 1. The van der Waals surface area contributed by atoms with Gasteiger partial charge in [-0.15, -0.1) is 0 Å². The Morgan fingerprint density at radius 3 is 2.69 bits per heavy atom. The summed E-state index contributed by atoms with van der Waals surface area (Å²) in [7, 11) is 0. The Kier molecular flexibility index (Phi) is 6.57. The van der Waals surface area contributed by atoms with Gasteiger partial charge in [-0.25, -0.2) is 4.39 Å². The molecule has 1 N–H and O–H groups in total. The largest absolute Gasteiger partial charge is 0.379 e. The first-order valence-corrected chi connectivity index (χ1v) is 9.25. The van der Waals surface area contributed by atoms with E-state index < -0.39 is 6.04 Å². The molecule has 0 saturated carbocycles. The van der Waals surface area contributed by atoms with Crippen LogP contribution in [0.3, 0.4) is 0 Å². The summed E-state index contributed by atoms with van der Waals surface area (Å²) in [5.41, 5.74) is 0.826. The lowest BCUT2D eigenvalue weighted by atomic mass is 10.1. The molecule has 1 atom stereocenters. The van der Waals surface area contributed by atoms with Crippen LogP contribution >= 0.6 is 0 Å². The van der Waals surface area contributed by atoms with Crippen LogP contribution in [-0.4, -0.2) is 67.0 Å². The minimum atomic E-state index is -0.434. The third-order valence-electron chi connectivity index (χ3n) is 4.95. The van der Waals surface area contributed by atoms with Crippen LogP contribution in [0.5, 0.6) is 0 Å². The van der Waals surface area contributed by atoms with Crippen LogP contribution in [0.1, 0.15) is 24.8 Å². The summed E-state index contributed by atoms with van der Waals surface area (Å²) >= 11 is 0. The van der Waals surface area contributed by atoms with E-state index in [0.717, 1.165) is 44.8 Å². The van der Waals surface area contributed by atoms with Crippen LogP contribution in [0.15, 0.2) is 24.3 Å². The lowest BCUT2D eigenvalue weighted by Crippen LogP contribution is -2.45. The Balaban J connectivity index is 1.45. The van der Waals surface area contributed by atoms with Crippen LogP contribution < -0.4 is 5.32 Å². The van der Waals surface area contributed by atoms with E-state index in [-0.39, 0.29) is 17.6 Å². The predicted molar refractivity (Wildman–Crippen MR) is 94.9 cm³/mol. The predicted octanol–water partition coefficient (Wildman–Crippen LogP) is 1.16. The topological polar surface area (TPSA) is 61.9 Å². The molecule has 1 aromatic carbocycles. The Hall–Kier alpha value is -1.99. The fourth-order valence-corrected chi connectivity index (χ4v) is 3.45. The zero-order valence-electron chi connectivity index (χ0n) is 15.0. The van der Waals surface area contributed by atoms with Gasteiger partial charge in [-0.2, -0.15) is 0 Å². The number of halogens is 1. The summed E-state index contributed by atoms with van der Waals surface area (Å²) in [5, 5.41) is 2.96. The minimum absolute atomic E-state index is 0.0252. The van der Waals surface area contributed by atoms with Gasteiger partial charge < -0.3 is 15.0 Å². The molecule has 1 aromatic rings. The van der Waals surface area contributed by atoms with Gasteiger partial charge in [0.05, 0.1) is 13.2 Å². The number of nitrogens with one attached hydrogen (secondary N) is 1. The molecule has 0 spiro atoms. The molecule has 0 radical (unpaired) electrons. The van der Waals surface area contributed by atoms with E-state index in [0.29, 0.717) is 25.9 Å². The quantitative estimate of drug-likeness (QED) is 0.739. The zero-order chi connectivity index (χ0) is 18.4. The van der Waals surface area contributed by atoms with Crippen molar-refractivity contribution >= 4 is 11.8 Å². The molecule has 2 aliphatic heterocycles. The minimum Gasteiger partial charge on any atom is -0.379 e. The van der Waals surface area contributed by atoms with Crippen molar-refractivity contribution in [2.45, 2.75) is 31.8 Å². The summed E-state index contributed by atoms with van der Waals surface area (Å²) in [6, 6.07) is 5.61. The average molecular weight is 363 g/mol. The van der Waals surface area contributed by atoms with Crippen molar-refractivity contribution in [3.8, 4) is 0 Å². The van der Waals surface area contributed by atoms with Gasteiger partial charge in [0, 0.05) is 32.6 Å². The number of rotatable bonds is 7. The Labute approximate surface area is 153 Å². The molecule has 1 unspecified atom stereocenters. The van der Waals surface area contributed by atoms with E-state index in [4.69, 9.17) is 4.74 Å². The maximum absolute atomic E-state index is 13.0. The molecule has 2 saturated heterocycles. The van der Waals surface area contributed by atoms with Crippen molar-refractivity contribution in [1.82, 2.24) is 15.1 Å². The van der Waals surface area contributed by atoms with Crippen LogP contribution in [-0.2, 0) is 20.9 Å². The van der Waals surface area contributed by atoms with Crippen molar-refractivity contribution in [3.63, 3.8) is 0 Å². The van der Waals surface area contributed by atoms with Gasteiger partial charge in [0.15, 0.2) is 0 Å². The number of hydrogen-bond acceptors (Lipinski definition) is 4. The molecule has 2 fully saturated rings. The maximum Gasteiger partial charge on any atom is 0.242 e. The van der Waals surface area contributed by atoms with E-state index in [1.165, 1.54) is 12.1 Å². The van der Waals surface area contributed by atoms with Crippen LogP contribution in [0.2, 0.25) is 0 Å². The molecule has 7 heteroatoms. The third-order valence-corrected chi connectivity index (χ3v) is 4.95. The summed E-state index contributed by atoms with van der Waals surface area (Å²) in [6.07, 6.45) is 1.80. The molecule has 2 amide bonds. The molecule has 2 heterocycles. The number of morpholine rings is 1. The van der Waals surface area contributed by atoms with Crippen LogP contribution in [0, 0.1) is 5.82 Å². The summed E-state index contributed by atoms with van der Waals surface area (Å²) in [5.74, 6) is -0.432. The molecule has 0 aliphatic carbocycles. The van der Waals surface area contributed by atoms with Gasteiger partial charge in [-0.1, -0.05) is 12.1 Å². The normalized spacial score (nSPS) is 21.2. The smallest absolute Gasteiger partial charge is 0.242 e. The summed E-state index contributed by atoms with van der Waals surface area (Å²) in [4.78, 5) is 28.6. The first kappa shape index (κ1) is 18.8. The zero-order valence-corrected chi connectivity index (χ0v) is 15.0. The average Bonchev–Trinajstić information content (AvgIpc) is 3.02. The van der Waals surface area contributed by atoms with Crippen molar-refractivity contribution < 1.29 is 18.7 Å². The highest BCUT2D eigenvalue weighted by Gasteiger charge is 2.35.